The number of anilines is 1. The minimum Gasteiger partial charge on any atom is -0.356 e. The Labute approximate surface area is 135 Å². The highest BCUT2D eigenvalue weighted by Gasteiger charge is 2.16. The molecule has 0 amide bonds. The van der Waals surface area contributed by atoms with E-state index >= 15 is 0 Å². The molecule has 0 aliphatic carbocycles. The Hall–Kier alpha value is -2.67. The molecular weight excluding hydrogens is 289 g/mol. The Morgan fingerprint density at radius 1 is 1.17 bits per heavy atom. The fourth-order valence-electron chi connectivity index (χ4n) is 2.65. The van der Waals surface area contributed by atoms with E-state index in [2.05, 4.69) is 39.7 Å². The molecule has 0 N–H and O–H groups in total. The van der Waals surface area contributed by atoms with Crippen molar-refractivity contribution in [1.82, 2.24) is 9.97 Å². The molecule has 116 valence electrons. The maximum atomic E-state index is 13.0. The van der Waals surface area contributed by atoms with Crippen molar-refractivity contribution in [3.63, 3.8) is 0 Å². The molecule has 0 bridgehead atoms. The molecule has 0 saturated carbocycles. The summed E-state index contributed by atoms with van der Waals surface area (Å²) < 4.78 is 13.0. The van der Waals surface area contributed by atoms with Gasteiger partial charge in [-0.25, -0.2) is 9.97 Å². The molecule has 2 aromatic rings. The van der Waals surface area contributed by atoms with Gasteiger partial charge in [-0.05, 0) is 55.5 Å². The van der Waals surface area contributed by atoms with Crippen molar-refractivity contribution in [3.05, 3.63) is 65.4 Å². The van der Waals surface area contributed by atoms with Gasteiger partial charge in [-0.15, -0.1) is 0 Å². The van der Waals surface area contributed by atoms with Crippen molar-refractivity contribution >= 4 is 5.82 Å². The largest absolute Gasteiger partial charge is 0.356 e. The summed E-state index contributed by atoms with van der Waals surface area (Å²) >= 11 is 0. The minimum atomic E-state index is -0.497. The molecule has 2 aromatic heterocycles. The van der Waals surface area contributed by atoms with Gasteiger partial charge in [0.15, 0.2) is 0 Å². The highest BCUT2D eigenvalue weighted by atomic mass is 19.1. The van der Waals surface area contributed by atoms with Crippen molar-refractivity contribution < 1.29 is 4.39 Å². The third-order valence-corrected chi connectivity index (χ3v) is 3.88. The van der Waals surface area contributed by atoms with Crippen molar-refractivity contribution in [2.75, 3.05) is 18.0 Å². The zero-order valence-corrected chi connectivity index (χ0v) is 13.1. The summed E-state index contributed by atoms with van der Waals surface area (Å²) in [5.41, 5.74) is 2.99. The second-order valence-corrected chi connectivity index (χ2v) is 5.55. The van der Waals surface area contributed by atoms with Gasteiger partial charge in [0.05, 0.1) is 0 Å². The van der Waals surface area contributed by atoms with E-state index in [-0.39, 0.29) is 0 Å². The maximum Gasteiger partial charge on any atom is 0.214 e. The standard InChI is InChI=1S/C19H18FN3/c1-15-5-4-12-21-19(15)23-13-10-16(11-14-23)6-2-7-17-8-3-9-18(20)22-17/h3-6,8-9,12H,10-11,13-14H2,1H3. The molecule has 1 aliphatic rings. The van der Waals surface area contributed by atoms with Gasteiger partial charge in [0.1, 0.15) is 11.5 Å². The van der Waals surface area contributed by atoms with Crippen LogP contribution in [0.15, 0.2) is 48.2 Å². The average molecular weight is 307 g/mol. The fraction of sp³-hybridized carbons (Fsp3) is 0.263. The van der Waals surface area contributed by atoms with Crippen LogP contribution in [0.5, 0.6) is 0 Å². The third kappa shape index (κ3) is 3.95. The summed E-state index contributed by atoms with van der Waals surface area (Å²) in [6.07, 6.45) is 5.73. The number of allylic oxidation sites excluding steroid dienone is 1. The number of piperidine rings is 1. The van der Waals surface area contributed by atoms with Crippen LogP contribution < -0.4 is 4.90 Å². The summed E-state index contributed by atoms with van der Waals surface area (Å²) in [6, 6.07) is 8.70. The van der Waals surface area contributed by atoms with Gasteiger partial charge in [-0.3, -0.25) is 0 Å². The van der Waals surface area contributed by atoms with Crippen molar-refractivity contribution in [2.45, 2.75) is 19.8 Å². The van der Waals surface area contributed by atoms with Crippen LogP contribution in [0.4, 0.5) is 10.2 Å². The van der Waals surface area contributed by atoms with Crippen LogP contribution >= 0.6 is 0 Å². The Kier molecular flexibility index (Phi) is 4.68. The number of halogens is 1. The lowest BCUT2D eigenvalue weighted by atomic mass is 10.0. The molecule has 3 heterocycles. The molecule has 0 radical (unpaired) electrons. The zero-order chi connectivity index (χ0) is 16.1. The Bertz CT molecular complexity index is 776. The first kappa shape index (κ1) is 15.2. The molecule has 3 rings (SSSR count). The number of hydrogen-bond acceptors (Lipinski definition) is 3. The van der Waals surface area contributed by atoms with Gasteiger partial charge in [0, 0.05) is 19.3 Å². The van der Waals surface area contributed by atoms with Crippen LogP contribution in [-0.2, 0) is 0 Å². The monoisotopic (exact) mass is 307 g/mol. The SMILES string of the molecule is Cc1cccnc1N1CCC(=CC#Cc2cccc(F)n2)CC1. The van der Waals surface area contributed by atoms with Crippen LogP contribution in [0.3, 0.4) is 0 Å². The molecule has 0 unspecified atom stereocenters. The first-order chi connectivity index (χ1) is 11.2. The topological polar surface area (TPSA) is 29.0 Å². The summed E-state index contributed by atoms with van der Waals surface area (Å²) in [6.45, 7) is 3.98. The zero-order valence-electron chi connectivity index (χ0n) is 13.1. The van der Waals surface area contributed by atoms with Crippen LogP contribution in [0.25, 0.3) is 0 Å². The smallest absolute Gasteiger partial charge is 0.214 e. The van der Waals surface area contributed by atoms with Crippen molar-refractivity contribution in [1.29, 1.82) is 0 Å². The number of rotatable bonds is 1. The number of aryl methyl sites for hydroxylation is 1. The summed E-state index contributed by atoms with van der Waals surface area (Å²) in [7, 11) is 0. The average Bonchev–Trinajstić information content (AvgIpc) is 2.56. The number of aromatic nitrogens is 2. The molecule has 0 aromatic carbocycles. The lowest BCUT2D eigenvalue weighted by Gasteiger charge is -2.30. The molecular formula is C19H18FN3. The van der Waals surface area contributed by atoms with Gasteiger partial charge in [-0.1, -0.05) is 23.6 Å². The van der Waals surface area contributed by atoms with Gasteiger partial charge in [-0.2, -0.15) is 4.39 Å². The quantitative estimate of drug-likeness (QED) is 0.596. The number of pyridine rings is 2. The van der Waals surface area contributed by atoms with Gasteiger partial charge in [0.2, 0.25) is 5.95 Å². The van der Waals surface area contributed by atoms with E-state index in [0.29, 0.717) is 5.69 Å². The van der Waals surface area contributed by atoms with Gasteiger partial charge >= 0.3 is 0 Å². The summed E-state index contributed by atoms with van der Waals surface area (Å²) in [5, 5.41) is 0. The Balaban J connectivity index is 1.62. The molecule has 1 fully saturated rings. The van der Waals surface area contributed by atoms with E-state index in [9.17, 15) is 4.39 Å². The second-order valence-electron chi connectivity index (χ2n) is 5.55. The minimum absolute atomic E-state index is 0.461. The molecule has 1 saturated heterocycles. The van der Waals surface area contributed by atoms with E-state index in [4.69, 9.17) is 0 Å². The Morgan fingerprint density at radius 2 is 2.00 bits per heavy atom. The number of hydrogen-bond donors (Lipinski definition) is 0. The van der Waals surface area contributed by atoms with E-state index < -0.39 is 5.95 Å². The van der Waals surface area contributed by atoms with E-state index in [1.54, 1.807) is 12.1 Å². The second kappa shape index (κ2) is 7.06. The lowest BCUT2D eigenvalue weighted by molar-refractivity contribution is 0.582. The number of nitrogens with zero attached hydrogens (tertiary/aromatic N) is 3. The third-order valence-electron chi connectivity index (χ3n) is 3.88. The van der Waals surface area contributed by atoms with Crippen LogP contribution in [0.2, 0.25) is 0 Å². The highest BCUT2D eigenvalue weighted by molar-refractivity contribution is 5.47. The maximum absolute atomic E-state index is 13.0. The Morgan fingerprint density at radius 3 is 2.74 bits per heavy atom. The first-order valence-corrected chi connectivity index (χ1v) is 7.71. The van der Waals surface area contributed by atoms with Crippen LogP contribution in [0.1, 0.15) is 24.1 Å². The summed E-state index contributed by atoms with van der Waals surface area (Å²) in [4.78, 5) is 10.5. The fourth-order valence-corrected chi connectivity index (χ4v) is 2.65. The van der Waals surface area contributed by atoms with Crippen LogP contribution in [0, 0.1) is 24.7 Å². The van der Waals surface area contributed by atoms with Gasteiger partial charge < -0.3 is 4.90 Å². The molecule has 23 heavy (non-hydrogen) atoms. The lowest BCUT2D eigenvalue weighted by Crippen LogP contribution is -2.31. The predicted octanol–water partition coefficient (Wildman–Crippen LogP) is 3.50. The molecule has 3 nitrogen and oxygen atoms in total. The predicted molar refractivity (Wildman–Crippen MR) is 89.6 cm³/mol. The van der Waals surface area contributed by atoms with Crippen molar-refractivity contribution in [2.24, 2.45) is 0 Å². The van der Waals surface area contributed by atoms with E-state index in [1.165, 1.54) is 17.2 Å². The van der Waals surface area contributed by atoms with Crippen LogP contribution in [-0.4, -0.2) is 23.1 Å². The molecule has 0 atom stereocenters. The highest BCUT2D eigenvalue weighted by Crippen LogP contribution is 2.23. The normalized spacial score (nSPS) is 14.2. The molecule has 1 aliphatic heterocycles. The van der Waals surface area contributed by atoms with E-state index in [1.807, 2.05) is 18.3 Å². The molecule has 0 spiro atoms. The first-order valence-electron chi connectivity index (χ1n) is 7.71. The summed E-state index contributed by atoms with van der Waals surface area (Å²) in [5.74, 6) is 6.44. The van der Waals surface area contributed by atoms with Crippen molar-refractivity contribution in [3.8, 4) is 11.8 Å². The molecule has 4 heteroatoms. The van der Waals surface area contributed by atoms with E-state index in [0.717, 1.165) is 31.7 Å². The van der Waals surface area contributed by atoms with Gasteiger partial charge in [0.25, 0.3) is 0 Å².